The molecular weight excluding hydrogens is 299 g/mol. The molecule has 0 bridgehead atoms. The fraction of sp³-hybridized carbons (Fsp3) is 0.462. The molecule has 118 valence electrons. The van der Waals surface area contributed by atoms with E-state index in [1.54, 1.807) is 20.9 Å². The molecule has 1 atom stereocenters. The van der Waals surface area contributed by atoms with Crippen molar-refractivity contribution in [3.8, 4) is 0 Å². The Hall–Kier alpha value is -1.51. The van der Waals surface area contributed by atoms with Gasteiger partial charge < -0.3 is 10.1 Å². The van der Waals surface area contributed by atoms with Gasteiger partial charge in [0.25, 0.3) is 0 Å². The van der Waals surface area contributed by atoms with Crippen LogP contribution < -0.4 is 10.0 Å². The van der Waals surface area contributed by atoms with E-state index in [4.69, 9.17) is 4.74 Å². The molecule has 0 heterocycles. The summed E-state index contributed by atoms with van der Waals surface area (Å²) in [5, 5.41) is 2.87. The van der Waals surface area contributed by atoms with Crippen LogP contribution in [0.5, 0.6) is 0 Å². The number of hydrogen-bond donors (Lipinski definition) is 2. The molecule has 0 aliphatic rings. The van der Waals surface area contributed by atoms with Crippen LogP contribution in [-0.4, -0.2) is 40.6 Å². The molecule has 21 heavy (non-hydrogen) atoms. The molecule has 0 fully saturated rings. The Balaban J connectivity index is 3.04. The highest BCUT2D eigenvalue weighted by Crippen LogP contribution is 2.15. The Bertz CT molecular complexity index is 604. The van der Waals surface area contributed by atoms with Gasteiger partial charge in [0.2, 0.25) is 10.0 Å². The van der Waals surface area contributed by atoms with Crippen molar-refractivity contribution in [1.82, 2.24) is 10.0 Å². The predicted molar refractivity (Wildman–Crippen MR) is 76.1 cm³/mol. The van der Waals surface area contributed by atoms with Crippen LogP contribution in [-0.2, 0) is 14.8 Å². The summed E-state index contributed by atoms with van der Waals surface area (Å²) < 4.78 is 44.7. The number of nitrogens with one attached hydrogen (secondary N) is 2. The smallest absolute Gasteiger partial charge is 0.338 e. The number of likely N-dealkylation sites (N-methyl/N-ethyl adjacent to an activating group) is 1. The average Bonchev–Trinajstić information content (AvgIpc) is 2.44. The standard InChI is InChI=1S/C13H19FN2O4S/c1-4-20-13(17)10-5-11(14)7-12(6-10)21(18,19)16-8-9(2)15-3/h5-7,9,15-16H,4,8H2,1-3H3. The lowest BCUT2D eigenvalue weighted by molar-refractivity contribution is 0.0525. The molecule has 1 aromatic rings. The summed E-state index contributed by atoms with van der Waals surface area (Å²) in [4.78, 5) is 11.3. The number of rotatable bonds is 7. The monoisotopic (exact) mass is 318 g/mol. The van der Waals surface area contributed by atoms with E-state index >= 15 is 0 Å². The number of carbonyl (C=O) groups excluding carboxylic acids is 1. The zero-order valence-electron chi connectivity index (χ0n) is 12.1. The van der Waals surface area contributed by atoms with Gasteiger partial charge in [-0.25, -0.2) is 22.3 Å². The minimum absolute atomic E-state index is 0.0853. The van der Waals surface area contributed by atoms with E-state index in [0.717, 1.165) is 18.2 Å². The van der Waals surface area contributed by atoms with Crippen LogP contribution in [0.4, 0.5) is 4.39 Å². The SMILES string of the molecule is CCOC(=O)c1cc(F)cc(S(=O)(=O)NCC(C)NC)c1. The first kappa shape index (κ1) is 17.5. The van der Waals surface area contributed by atoms with E-state index in [2.05, 4.69) is 10.0 Å². The maximum Gasteiger partial charge on any atom is 0.338 e. The second-order valence-corrected chi connectivity index (χ2v) is 6.20. The van der Waals surface area contributed by atoms with Gasteiger partial charge in [0, 0.05) is 12.6 Å². The number of esters is 1. The topological polar surface area (TPSA) is 84.5 Å². The van der Waals surface area contributed by atoms with Gasteiger partial charge in [-0.3, -0.25) is 0 Å². The van der Waals surface area contributed by atoms with E-state index in [9.17, 15) is 17.6 Å². The van der Waals surface area contributed by atoms with E-state index in [0.29, 0.717) is 0 Å². The Labute approximate surface area is 123 Å². The summed E-state index contributed by atoms with van der Waals surface area (Å²) in [7, 11) is -2.20. The van der Waals surface area contributed by atoms with Gasteiger partial charge in [-0.05, 0) is 39.1 Å². The number of ether oxygens (including phenoxy) is 1. The second kappa shape index (κ2) is 7.48. The maximum absolute atomic E-state index is 13.5. The van der Waals surface area contributed by atoms with Crippen molar-refractivity contribution in [2.24, 2.45) is 0 Å². The quantitative estimate of drug-likeness (QED) is 0.729. The zero-order chi connectivity index (χ0) is 16.0. The summed E-state index contributed by atoms with van der Waals surface area (Å²) in [6.45, 7) is 3.66. The van der Waals surface area contributed by atoms with Gasteiger partial charge in [-0.1, -0.05) is 0 Å². The molecule has 2 N–H and O–H groups in total. The molecule has 0 saturated carbocycles. The van der Waals surface area contributed by atoms with Crippen LogP contribution in [0, 0.1) is 5.82 Å². The largest absolute Gasteiger partial charge is 0.462 e. The number of carbonyl (C=O) groups is 1. The molecule has 0 aliphatic carbocycles. The van der Waals surface area contributed by atoms with E-state index in [-0.39, 0.29) is 29.7 Å². The molecule has 1 rings (SSSR count). The van der Waals surface area contributed by atoms with Crippen LogP contribution in [0.3, 0.4) is 0 Å². The molecule has 0 amide bonds. The maximum atomic E-state index is 13.5. The van der Waals surface area contributed by atoms with E-state index < -0.39 is 21.8 Å². The third-order valence-corrected chi connectivity index (χ3v) is 4.17. The zero-order valence-corrected chi connectivity index (χ0v) is 13.0. The van der Waals surface area contributed by atoms with Crippen LogP contribution >= 0.6 is 0 Å². The van der Waals surface area contributed by atoms with Crippen LogP contribution in [0.15, 0.2) is 23.1 Å². The molecular formula is C13H19FN2O4S. The lowest BCUT2D eigenvalue weighted by atomic mass is 10.2. The summed E-state index contributed by atoms with van der Waals surface area (Å²) in [6, 6.07) is 2.80. The summed E-state index contributed by atoms with van der Waals surface area (Å²) >= 11 is 0. The average molecular weight is 318 g/mol. The minimum atomic E-state index is -3.90. The molecule has 0 spiro atoms. The molecule has 6 nitrogen and oxygen atoms in total. The number of benzene rings is 1. The van der Waals surface area contributed by atoms with Crippen molar-refractivity contribution >= 4 is 16.0 Å². The Kier molecular flexibility index (Phi) is 6.25. The highest BCUT2D eigenvalue weighted by Gasteiger charge is 2.19. The lowest BCUT2D eigenvalue weighted by Crippen LogP contribution is -2.37. The van der Waals surface area contributed by atoms with Crippen LogP contribution in [0.2, 0.25) is 0 Å². The number of halogens is 1. The van der Waals surface area contributed by atoms with Crippen LogP contribution in [0.1, 0.15) is 24.2 Å². The van der Waals surface area contributed by atoms with Gasteiger partial charge in [0.1, 0.15) is 5.82 Å². The number of hydrogen-bond acceptors (Lipinski definition) is 5. The van der Waals surface area contributed by atoms with Crippen molar-refractivity contribution in [2.75, 3.05) is 20.2 Å². The van der Waals surface area contributed by atoms with E-state index in [1.165, 1.54) is 0 Å². The fourth-order valence-electron chi connectivity index (χ4n) is 1.47. The molecule has 8 heteroatoms. The second-order valence-electron chi connectivity index (χ2n) is 4.44. The van der Waals surface area contributed by atoms with Crippen molar-refractivity contribution in [3.05, 3.63) is 29.6 Å². The summed E-state index contributed by atoms with van der Waals surface area (Å²) in [6.07, 6.45) is 0. The fourth-order valence-corrected chi connectivity index (χ4v) is 2.66. The highest BCUT2D eigenvalue weighted by molar-refractivity contribution is 7.89. The highest BCUT2D eigenvalue weighted by atomic mass is 32.2. The van der Waals surface area contributed by atoms with Gasteiger partial charge >= 0.3 is 5.97 Å². The molecule has 1 unspecified atom stereocenters. The summed E-state index contributed by atoms with van der Waals surface area (Å²) in [5.41, 5.74) is -0.140. The first-order chi connectivity index (χ1) is 9.80. The first-order valence-electron chi connectivity index (χ1n) is 6.44. The molecule has 1 aromatic carbocycles. The Morgan fingerprint density at radius 2 is 2.05 bits per heavy atom. The minimum Gasteiger partial charge on any atom is -0.462 e. The first-order valence-corrected chi connectivity index (χ1v) is 7.93. The van der Waals surface area contributed by atoms with Gasteiger partial charge in [0.05, 0.1) is 17.1 Å². The number of sulfonamides is 1. The van der Waals surface area contributed by atoms with Gasteiger partial charge in [-0.2, -0.15) is 0 Å². The molecule has 0 saturated heterocycles. The van der Waals surface area contributed by atoms with Crippen molar-refractivity contribution in [3.63, 3.8) is 0 Å². The molecule has 0 aromatic heterocycles. The third-order valence-electron chi connectivity index (χ3n) is 2.77. The summed E-state index contributed by atoms with van der Waals surface area (Å²) in [5.74, 6) is -1.58. The van der Waals surface area contributed by atoms with Crippen molar-refractivity contribution in [2.45, 2.75) is 24.8 Å². The molecule has 0 aliphatic heterocycles. The van der Waals surface area contributed by atoms with Gasteiger partial charge in [-0.15, -0.1) is 0 Å². The lowest BCUT2D eigenvalue weighted by Gasteiger charge is -2.12. The van der Waals surface area contributed by atoms with Crippen molar-refractivity contribution < 1.29 is 22.3 Å². The molecule has 0 radical (unpaired) electrons. The Morgan fingerprint density at radius 1 is 1.38 bits per heavy atom. The Morgan fingerprint density at radius 3 is 2.62 bits per heavy atom. The van der Waals surface area contributed by atoms with Gasteiger partial charge in [0.15, 0.2) is 0 Å². The van der Waals surface area contributed by atoms with Crippen molar-refractivity contribution in [1.29, 1.82) is 0 Å². The van der Waals surface area contributed by atoms with E-state index in [1.807, 2.05) is 0 Å². The van der Waals surface area contributed by atoms with Crippen LogP contribution in [0.25, 0.3) is 0 Å². The third kappa shape index (κ3) is 5.07. The predicted octanol–water partition coefficient (Wildman–Crippen LogP) is 0.889. The normalized spacial score (nSPS) is 13.0.